The van der Waals surface area contributed by atoms with E-state index in [9.17, 15) is 9.59 Å². The topological polar surface area (TPSA) is 97.1 Å². The zero-order valence-corrected chi connectivity index (χ0v) is 16.3. The molecule has 2 heterocycles. The van der Waals surface area contributed by atoms with Crippen LogP contribution in [0, 0.1) is 0 Å². The summed E-state index contributed by atoms with van der Waals surface area (Å²) in [4.78, 5) is 27.8. The molecule has 0 aliphatic carbocycles. The molecule has 0 fully saturated rings. The van der Waals surface area contributed by atoms with Crippen LogP contribution in [0.4, 0.5) is 5.69 Å². The molecule has 0 spiro atoms. The molecule has 2 aromatic carbocycles. The van der Waals surface area contributed by atoms with Crippen molar-refractivity contribution in [2.45, 2.75) is 32.2 Å². The minimum Gasteiger partial charge on any atom is -0.347 e. The molecule has 29 heavy (non-hydrogen) atoms. The van der Waals surface area contributed by atoms with Crippen molar-refractivity contribution in [3.63, 3.8) is 0 Å². The van der Waals surface area contributed by atoms with Gasteiger partial charge in [0.1, 0.15) is 0 Å². The lowest BCUT2D eigenvalue weighted by Crippen LogP contribution is -2.22. The van der Waals surface area contributed by atoms with Crippen molar-refractivity contribution < 1.29 is 14.1 Å². The average molecular weight is 411 g/mol. The predicted molar refractivity (Wildman–Crippen MR) is 108 cm³/mol. The summed E-state index contributed by atoms with van der Waals surface area (Å²) < 4.78 is 5.18. The lowest BCUT2D eigenvalue weighted by atomic mass is 10.0. The van der Waals surface area contributed by atoms with Gasteiger partial charge in [-0.15, -0.1) is 0 Å². The molecule has 0 saturated carbocycles. The molecule has 3 aromatic rings. The number of halogens is 1. The summed E-state index contributed by atoms with van der Waals surface area (Å²) in [6, 6.07) is 13.1. The van der Waals surface area contributed by atoms with Crippen molar-refractivity contribution in [1.82, 2.24) is 15.5 Å². The van der Waals surface area contributed by atoms with Gasteiger partial charge < -0.3 is 15.2 Å². The third kappa shape index (κ3) is 4.81. The number of nitrogens with one attached hydrogen (secondary N) is 2. The second kappa shape index (κ2) is 8.45. The van der Waals surface area contributed by atoms with Gasteiger partial charge in [0.2, 0.25) is 23.5 Å². The van der Waals surface area contributed by atoms with E-state index < -0.39 is 0 Å². The molecule has 0 radical (unpaired) electrons. The van der Waals surface area contributed by atoms with E-state index >= 15 is 0 Å². The highest BCUT2D eigenvalue weighted by atomic mass is 35.5. The molecular weight excluding hydrogens is 392 g/mol. The smallest absolute Gasteiger partial charge is 0.246 e. The first kappa shape index (κ1) is 19.1. The third-order valence-corrected chi connectivity index (χ3v) is 4.92. The van der Waals surface area contributed by atoms with Crippen LogP contribution in [0.2, 0.25) is 5.02 Å². The van der Waals surface area contributed by atoms with Crippen LogP contribution < -0.4 is 10.6 Å². The van der Waals surface area contributed by atoms with Crippen LogP contribution in [0.25, 0.3) is 11.4 Å². The monoisotopic (exact) mass is 410 g/mol. The number of aryl methyl sites for hydroxylation is 1. The number of carbonyl (C=O) groups excluding carboxylic acids is 2. The van der Waals surface area contributed by atoms with Crippen LogP contribution in [0.5, 0.6) is 0 Å². The van der Waals surface area contributed by atoms with E-state index in [2.05, 4.69) is 20.8 Å². The zero-order chi connectivity index (χ0) is 20.2. The molecule has 1 aromatic heterocycles. The highest BCUT2D eigenvalue weighted by Gasteiger charge is 2.17. The Morgan fingerprint density at radius 1 is 1.21 bits per heavy atom. The fourth-order valence-electron chi connectivity index (χ4n) is 3.20. The molecule has 0 unspecified atom stereocenters. The Balaban J connectivity index is 1.22. The molecule has 0 saturated heterocycles. The Labute approximate surface area is 172 Å². The van der Waals surface area contributed by atoms with Gasteiger partial charge in [0.25, 0.3) is 0 Å². The number of nitrogens with zero attached hydrogens (tertiary/aromatic N) is 2. The summed E-state index contributed by atoms with van der Waals surface area (Å²) in [5.74, 6) is 0.751. The zero-order valence-electron chi connectivity index (χ0n) is 15.6. The summed E-state index contributed by atoms with van der Waals surface area (Å²) >= 11 is 5.87. The molecule has 0 bridgehead atoms. The summed E-state index contributed by atoms with van der Waals surface area (Å²) in [6.07, 6.45) is 2.31. The van der Waals surface area contributed by atoms with Crippen LogP contribution in [0.15, 0.2) is 47.0 Å². The van der Waals surface area contributed by atoms with Crippen LogP contribution in [-0.2, 0) is 29.0 Å². The Morgan fingerprint density at radius 2 is 2.03 bits per heavy atom. The number of amides is 2. The van der Waals surface area contributed by atoms with Gasteiger partial charge in [-0.25, -0.2) is 0 Å². The van der Waals surface area contributed by atoms with E-state index in [1.807, 2.05) is 18.2 Å². The summed E-state index contributed by atoms with van der Waals surface area (Å²) in [5.41, 5.74) is 3.82. The molecule has 0 atom stereocenters. The number of rotatable bonds is 7. The van der Waals surface area contributed by atoms with Crippen molar-refractivity contribution in [2.75, 3.05) is 5.32 Å². The Hall–Kier alpha value is -3.19. The number of benzene rings is 2. The second-order valence-corrected chi connectivity index (χ2v) is 7.30. The minimum atomic E-state index is -0.0748. The number of aromatic nitrogens is 2. The van der Waals surface area contributed by atoms with Crippen molar-refractivity contribution in [3.05, 3.63) is 64.5 Å². The van der Waals surface area contributed by atoms with Gasteiger partial charge in [0.15, 0.2) is 0 Å². The Morgan fingerprint density at radius 3 is 2.86 bits per heavy atom. The van der Waals surface area contributed by atoms with Gasteiger partial charge in [-0.3, -0.25) is 9.59 Å². The normalized spacial score (nSPS) is 12.5. The van der Waals surface area contributed by atoms with Crippen molar-refractivity contribution in [2.24, 2.45) is 0 Å². The second-order valence-electron chi connectivity index (χ2n) is 6.87. The van der Waals surface area contributed by atoms with Crippen LogP contribution in [0.3, 0.4) is 0 Å². The summed E-state index contributed by atoms with van der Waals surface area (Å²) in [7, 11) is 0. The van der Waals surface area contributed by atoms with Gasteiger partial charge >= 0.3 is 0 Å². The first-order valence-electron chi connectivity index (χ1n) is 9.34. The number of carbonyl (C=O) groups is 2. The fraction of sp³-hybridized carbons (Fsp3) is 0.238. The standard InChI is InChI=1S/C21H19ClN4O3/c22-16-7-5-14(6-8-16)21-25-20(29-26-21)12-23-18(27)3-1-2-13-4-9-17-15(10-13)11-19(28)24-17/h4-10H,1-3,11-12H2,(H,23,27)(H,24,28). The predicted octanol–water partition coefficient (Wildman–Crippen LogP) is 3.52. The number of anilines is 1. The average Bonchev–Trinajstić information content (AvgIpc) is 3.32. The third-order valence-electron chi connectivity index (χ3n) is 4.67. The highest BCUT2D eigenvalue weighted by Crippen LogP contribution is 2.24. The maximum absolute atomic E-state index is 12.1. The number of hydrogen-bond donors (Lipinski definition) is 2. The maximum Gasteiger partial charge on any atom is 0.246 e. The maximum atomic E-state index is 12.1. The van der Waals surface area contributed by atoms with Crippen LogP contribution >= 0.6 is 11.6 Å². The Bertz CT molecular complexity index is 1050. The van der Waals surface area contributed by atoms with E-state index in [4.69, 9.17) is 16.1 Å². The van der Waals surface area contributed by atoms with E-state index in [-0.39, 0.29) is 18.4 Å². The van der Waals surface area contributed by atoms with Gasteiger partial charge in [-0.1, -0.05) is 28.9 Å². The highest BCUT2D eigenvalue weighted by molar-refractivity contribution is 6.30. The molecule has 148 valence electrons. The molecule has 4 rings (SSSR count). The van der Waals surface area contributed by atoms with Gasteiger partial charge in [0, 0.05) is 22.7 Å². The van der Waals surface area contributed by atoms with Crippen LogP contribution in [0.1, 0.15) is 29.9 Å². The van der Waals surface area contributed by atoms with Gasteiger partial charge in [-0.2, -0.15) is 4.98 Å². The fourth-order valence-corrected chi connectivity index (χ4v) is 3.32. The molecule has 1 aliphatic heterocycles. The minimum absolute atomic E-state index is 0.0248. The summed E-state index contributed by atoms with van der Waals surface area (Å²) in [6.45, 7) is 0.187. The van der Waals surface area contributed by atoms with Gasteiger partial charge in [0.05, 0.1) is 13.0 Å². The molecule has 1 aliphatic rings. The first-order valence-corrected chi connectivity index (χ1v) is 9.71. The van der Waals surface area contributed by atoms with E-state index in [0.717, 1.165) is 28.8 Å². The lowest BCUT2D eigenvalue weighted by molar-refractivity contribution is -0.121. The van der Waals surface area contributed by atoms with Crippen LogP contribution in [-0.4, -0.2) is 22.0 Å². The number of hydrogen-bond acceptors (Lipinski definition) is 5. The first-order chi connectivity index (χ1) is 14.1. The van der Waals surface area contributed by atoms with Crippen molar-refractivity contribution in [1.29, 1.82) is 0 Å². The van der Waals surface area contributed by atoms with E-state index in [1.54, 1.807) is 24.3 Å². The molecular formula is C21H19ClN4O3. The quantitative estimate of drug-likeness (QED) is 0.621. The molecule has 2 N–H and O–H groups in total. The molecule has 8 heteroatoms. The van der Waals surface area contributed by atoms with Crippen molar-refractivity contribution in [3.8, 4) is 11.4 Å². The SMILES string of the molecule is O=C(CCCc1ccc2c(c1)CC(=O)N2)NCc1nc(-c2ccc(Cl)cc2)no1. The van der Waals surface area contributed by atoms with Gasteiger partial charge in [-0.05, 0) is 54.3 Å². The van der Waals surface area contributed by atoms with E-state index in [1.165, 1.54) is 0 Å². The lowest BCUT2D eigenvalue weighted by Gasteiger charge is -2.05. The summed E-state index contributed by atoms with van der Waals surface area (Å²) in [5, 5.41) is 10.2. The Kier molecular flexibility index (Phi) is 5.57. The van der Waals surface area contributed by atoms with Crippen molar-refractivity contribution >= 4 is 29.1 Å². The number of fused-ring (bicyclic) bond motifs is 1. The largest absolute Gasteiger partial charge is 0.347 e. The van der Waals surface area contributed by atoms with E-state index in [0.29, 0.717) is 36.0 Å². The molecule has 2 amide bonds. The molecule has 7 nitrogen and oxygen atoms in total.